The van der Waals surface area contributed by atoms with Crippen molar-refractivity contribution in [3.63, 3.8) is 0 Å². The molecular weight excluding hydrogens is 528 g/mol. The van der Waals surface area contributed by atoms with Gasteiger partial charge in [0.2, 0.25) is 5.78 Å². The van der Waals surface area contributed by atoms with Crippen molar-refractivity contribution in [1.82, 2.24) is 9.80 Å². The van der Waals surface area contributed by atoms with E-state index in [0.717, 1.165) is 24.1 Å². The van der Waals surface area contributed by atoms with Gasteiger partial charge in [-0.2, -0.15) is 0 Å². The normalized spacial score (nSPS) is 31.9. The monoisotopic (exact) mass is 568 g/mol. The lowest BCUT2D eigenvalue weighted by Crippen LogP contribution is -2.63. The third-order valence-corrected chi connectivity index (χ3v) is 9.71. The summed E-state index contributed by atoms with van der Waals surface area (Å²) in [5.74, 6) is -6.49. The molecule has 1 saturated heterocycles. The van der Waals surface area contributed by atoms with Crippen molar-refractivity contribution in [2.24, 2.45) is 17.6 Å². The summed E-state index contributed by atoms with van der Waals surface area (Å²) >= 11 is 0. The van der Waals surface area contributed by atoms with Crippen molar-refractivity contribution < 1.29 is 34.8 Å². The van der Waals surface area contributed by atoms with Gasteiger partial charge in [0.05, 0.1) is 11.6 Å². The van der Waals surface area contributed by atoms with Crippen LogP contribution < -0.4 is 10.6 Å². The second-order valence-electron chi connectivity index (χ2n) is 12.6. The first-order chi connectivity index (χ1) is 19.1. The summed E-state index contributed by atoms with van der Waals surface area (Å²) < 4.78 is 0. The van der Waals surface area contributed by atoms with Gasteiger partial charge in [0, 0.05) is 49.9 Å². The Hall–Kier alpha value is -3.41. The van der Waals surface area contributed by atoms with E-state index >= 15 is 0 Å². The minimum absolute atomic E-state index is 0.0285. The minimum atomic E-state index is -2.65. The molecular formula is C30H40N4O7. The highest BCUT2D eigenvalue weighted by Crippen LogP contribution is 2.53. The molecule has 1 fully saturated rings. The topological polar surface area (TPSA) is 168 Å². The number of hydrogen-bond donors (Lipinski definition) is 5. The molecule has 0 radical (unpaired) electrons. The zero-order valence-electron chi connectivity index (χ0n) is 24.4. The van der Waals surface area contributed by atoms with Gasteiger partial charge in [0.25, 0.3) is 5.91 Å². The highest BCUT2D eigenvalue weighted by atomic mass is 16.3. The SMILES string of the molecule is CC1CCC(C)N1Cc1cc(O)c2c(c1N(C)C)C[C@H]1C[C@H]3[C@H](N(C)C)C(O)=C(C(N)=O)C(=O)[C@@]3(O)C(O)=C1C2=O. The predicted octanol–water partition coefficient (Wildman–Crippen LogP) is 1.56. The van der Waals surface area contributed by atoms with E-state index in [1.165, 1.54) is 0 Å². The number of amides is 1. The summed E-state index contributed by atoms with van der Waals surface area (Å²) in [5, 5.41) is 45.4. The highest BCUT2D eigenvalue weighted by Gasteiger charge is 2.63. The third-order valence-electron chi connectivity index (χ3n) is 9.71. The number of allylic oxidation sites excluding steroid dienone is 1. The molecule has 1 aromatic carbocycles. The lowest BCUT2D eigenvalue weighted by Gasteiger charge is -2.50. The Morgan fingerprint density at radius 1 is 1.10 bits per heavy atom. The maximum Gasteiger partial charge on any atom is 0.255 e. The number of aromatic hydroxyl groups is 1. The van der Waals surface area contributed by atoms with Crippen molar-refractivity contribution in [3.05, 3.63) is 45.4 Å². The van der Waals surface area contributed by atoms with E-state index < -0.39 is 58.0 Å². The first-order valence-corrected chi connectivity index (χ1v) is 14.1. The van der Waals surface area contributed by atoms with Crippen LogP contribution in [-0.2, 0) is 22.6 Å². The molecule has 3 aliphatic carbocycles. The number of aliphatic hydroxyl groups is 3. The average Bonchev–Trinajstić information content (AvgIpc) is 3.17. The van der Waals surface area contributed by atoms with Crippen LogP contribution in [0.5, 0.6) is 5.75 Å². The second-order valence-corrected chi connectivity index (χ2v) is 12.6. The number of anilines is 1. The average molecular weight is 569 g/mol. The molecule has 11 nitrogen and oxygen atoms in total. The number of carbonyl (C=O) groups excluding carboxylic acids is 3. The van der Waals surface area contributed by atoms with Crippen LogP contribution in [0.3, 0.4) is 0 Å². The Bertz CT molecular complexity index is 1400. The predicted molar refractivity (Wildman–Crippen MR) is 152 cm³/mol. The van der Waals surface area contributed by atoms with E-state index in [2.05, 4.69) is 18.7 Å². The molecule has 11 heteroatoms. The molecule has 5 rings (SSSR count). The highest BCUT2D eigenvalue weighted by molar-refractivity contribution is 6.24. The van der Waals surface area contributed by atoms with E-state index in [0.29, 0.717) is 24.2 Å². The molecule has 0 saturated carbocycles. The number of phenols is 1. The number of likely N-dealkylation sites (N-methyl/N-ethyl adjacent to an activating group) is 1. The Labute approximate surface area is 239 Å². The summed E-state index contributed by atoms with van der Waals surface area (Å²) in [5.41, 5.74) is 4.16. The van der Waals surface area contributed by atoms with Crippen LogP contribution in [-0.4, -0.2) is 99.6 Å². The van der Waals surface area contributed by atoms with Crippen LogP contribution in [0, 0.1) is 11.8 Å². The maximum absolute atomic E-state index is 14.0. The quantitative estimate of drug-likeness (QED) is 0.329. The number of primary amides is 1. The number of nitrogens with zero attached hydrogens (tertiary/aromatic N) is 3. The van der Waals surface area contributed by atoms with Crippen molar-refractivity contribution in [2.45, 2.75) is 69.8 Å². The van der Waals surface area contributed by atoms with Crippen LogP contribution >= 0.6 is 0 Å². The standard InChI is InChI=1S/C30H40N4O7/c1-13-7-8-14(2)34(13)12-16-11-19(35)21-17(23(16)32(3)4)9-15-10-18-24(33(5)6)26(37)22(29(31)40)28(39)30(18,41)27(38)20(15)25(21)36/h11,13-15,18,24,35,37-38,41H,7-10,12H2,1-6H3,(H2,31,40)/t13?,14?,15-,18-,24-,30-/m0/s1. The number of hydrogen-bond acceptors (Lipinski definition) is 10. The molecule has 41 heavy (non-hydrogen) atoms. The van der Waals surface area contributed by atoms with Crippen LogP contribution in [0.15, 0.2) is 28.7 Å². The van der Waals surface area contributed by atoms with Gasteiger partial charge in [0.1, 0.15) is 22.8 Å². The summed E-state index contributed by atoms with van der Waals surface area (Å²) in [4.78, 5) is 45.5. The molecule has 2 unspecified atom stereocenters. The number of ketones is 2. The first kappa shape index (κ1) is 29.1. The molecule has 1 amide bonds. The molecule has 6 atom stereocenters. The summed E-state index contributed by atoms with van der Waals surface area (Å²) in [6.07, 6.45) is 2.48. The fourth-order valence-electron chi connectivity index (χ4n) is 7.81. The van der Waals surface area contributed by atoms with Gasteiger partial charge < -0.3 is 31.1 Å². The molecule has 6 N–H and O–H groups in total. The second kappa shape index (κ2) is 9.85. The van der Waals surface area contributed by atoms with E-state index in [-0.39, 0.29) is 29.7 Å². The van der Waals surface area contributed by atoms with Crippen molar-refractivity contribution in [2.75, 3.05) is 33.1 Å². The fourth-order valence-corrected chi connectivity index (χ4v) is 7.81. The van der Waals surface area contributed by atoms with Gasteiger partial charge in [-0.1, -0.05) is 0 Å². The molecule has 4 aliphatic rings. The van der Waals surface area contributed by atoms with E-state index in [1.807, 2.05) is 19.0 Å². The van der Waals surface area contributed by atoms with Gasteiger partial charge in [-0.3, -0.25) is 24.2 Å². The number of fused-ring (bicyclic) bond motifs is 3. The lowest BCUT2D eigenvalue weighted by atomic mass is 9.58. The number of carbonyl (C=O) groups is 3. The van der Waals surface area contributed by atoms with Crippen LogP contribution in [0.2, 0.25) is 0 Å². The van der Waals surface area contributed by atoms with Gasteiger partial charge >= 0.3 is 0 Å². The summed E-state index contributed by atoms with van der Waals surface area (Å²) in [7, 11) is 7.00. The van der Waals surface area contributed by atoms with Crippen LogP contribution in [0.25, 0.3) is 0 Å². The van der Waals surface area contributed by atoms with Gasteiger partial charge in [0.15, 0.2) is 11.4 Å². The van der Waals surface area contributed by atoms with Crippen LogP contribution in [0.4, 0.5) is 5.69 Å². The Morgan fingerprint density at radius 3 is 2.24 bits per heavy atom. The number of Topliss-reactive ketones (excluding diaryl/α,β-unsaturated/α-hetero) is 2. The third kappa shape index (κ3) is 4.08. The molecule has 1 heterocycles. The van der Waals surface area contributed by atoms with E-state index in [1.54, 1.807) is 25.1 Å². The number of phenolic OH excluding ortho intramolecular Hbond substituents is 1. The summed E-state index contributed by atoms with van der Waals surface area (Å²) in [6, 6.07) is 1.33. The molecule has 1 aliphatic heterocycles. The van der Waals surface area contributed by atoms with E-state index in [4.69, 9.17) is 5.73 Å². The summed E-state index contributed by atoms with van der Waals surface area (Å²) in [6.45, 7) is 4.96. The number of benzene rings is 1. The molecule has 222 valence electrons. The van der Waals surface area contributed by atoms with Gasteiger partial charge in [-0.25, -0.2) is 0 Å². The smallest absolute Gasteiger partial charge is 0.255 e. The number of rotatable bonds is 5. The number of likely N-dealkylation sites (tertiary alicyclic amines) is 1. The molecule has 0 bridgehead atoms. The number of nitrogens with two attached hydrogens (primary N) is 1. The zero-order chi connectivity index (χ0) is 30.3. The molecule has 0 spiro atoms. The fraction of sp³-hybridized carbons (Fsp3) is 0.567. The molecule has 0 aromatic heterocycles. The van der Waals surface area contributed by atoms with Crippen molar-refractivity contribution in [1.29, 1.82) is 0 Å². The van der Waals surface area contributed by atoms with Gasteiger partial charge in [-0.05, 0) is 76.7 Å². The lowest BCUT2D eigenvalue weighted by molar-refractivity contribution is -0.148. The minimum Gasteiger partial charge on any atom is -0.510 e. The maximum atomic E-state index is 14.0. The van der Waals surface area contributed by atoms with Crippen LogP contribution in [0.1, 0.15) is 54.6 Å². The largest absolute Gasteiger partial charge is 0.510 e. The van der Waals surface area contributed by atoms with E-state index in [9.17, 15) is 34.8 Å². The Balaban J connectivity index is 1.68. The first-order valence-electron chi connectivity index (χ1n) is 14.1. The van der Waals surface area contributed by atoms with Crippen molar-refractivity contribution >= 4 is 23.2 Å². The molecule has 1 aromatic rings. The van der Waals surface area contributed by atoms with Crippen molar-refractivity contribution in [3.8, 4) is 5.75 Å². The Kier molecular flexibility index (Phi) is 6.99. The van der Waals surface area contributed by atoms with Gasteiger partial charge in [-0.15, -0.1) is 0 Å². The number of aliphatic hydroxyl groups excluding tert-OH is 2. The zero-order valence-corrected chi connectivity index (χ0v) is 24.4. The Morgan fingerprint density at radius 2 is 1.71 bits per heavy atom.